The zero-order valence-corrected chi connectivity index (χ0v) is 16.1. The van der Waals surface area contributed by atoms with Crippen molar-refractivity contribution in [1.82, 2.24) is 0 Å². The Morgan fingerprint density at radius 1 is 1.04 bits per heavy atom. The highest BCUT2D eigenvalue weighted by Gasteiger charge is 2.19. The molecular formula is C19H24N2O4S. The summed E-state index contributed by atoms with van der Waals surface area (Å²) in [6, 6.07) is 16.2. The third-order valence-corrected chi connectivity index (χ3v) is 5.21. The van der Waals surface area contributed by atoms with Crippen molar-refractivity contribution in [2.45, 2.75) is 12.8 Å². The topological polar surface area (TPSA) is 66.9 Å². The number of benzene rings is 2. The van der Waals surface area contributed by atoms with Gasteiger partial charge in [0.05, 0.1) is 19.1 Å². The molecule has 0 atom stereocenters. The van der Waals surface area contributed by atoms with Crippen LogP contribution < -0.4 is 13.9 Å². The molecule has 0 unspecified atom stereocenters. The van der Waals surface area contributed by atoms with Crippen LogP contribution in [-0.2, 0) is 14.8 Å². The van der Waals surface area contributed by atoms with E-state index in [1.807, 2.05) is 30.3 Å². The molecule has 0 saturated carbocycles. The van der Waals surface area contributed by atoms with Crippen molar-refractivity contribution < 1.29 is 17.9 Å². The zero-order valence-electron chi connectivity index (χ0n) is 15.3. The average Bonchev–Trinajstić information content (AvgIpc) is 2.64. The molecule has 0 aliphatic carbocycles. The van der Waals surface area contributed by atoms with Gasteiger partial charge in [0.2, 0.25) is 15.9 Å². The van der Waals surface area contributed by atoms with E-state index in [1.54, 1.807) is 36.2 Å². The van der Waals surface area contributed by atoms with Gasteiger partial charge in [0.1, 0.15) is 5.75 Å². The van der Waals surface area contributed by atoms with Crippen LogP contribution in [-0.4, -0.2) is 41.3 Å². The standard InChI is InChI=1S/C19H24N2O4S/c1-20(16-9-5-4-6-10-16)19(22)13-8-14-21(26(3,23)24)17-11-7-12-18(15-17)25-2/h4-7,9-12,15H,8,13-14H2,1-3H3. The molecule has 0 spiro atoms. The number of methoxy groups -OCH3 is 1. The van der Waals surface area contributed by atoms with E-state index < -0.39 is 10.0 Å². The first-order valence-corrected chi connectivity index (χ1v) is 10.1. The summed E-state index contributed by atoms with van der Waals surface area (Å²) in [5.74, 6) is 0.520. The Bertz CT molecular complexity index is 838. The van der Waals surface area contributed by atoms with Crippen LogP contribution in [0, 0.1) is 0 Å². The van der Waals surface area contributed by atoms with Crippen molar-refractivity contribution in [1.29, 1.82) is 0 Å². The van der Waals surface area contributed by atoms with Gasteiger partial charge in [-0.15, -0.1) is 0 Å². The molecule has 0 bridgehead atoms. The van der Waals surface area contributed by atoms with Gasteiger partial charge in [-0.2, -0.15) is 0 Å². The second-order valence-electron chi connectivity index (χ2n) is 5.93. The highest BCUT2D eigenvalue weighted by atomic mass is 32.2. The van der Waals surface area contributed by atoms with Gasteiger partial charge in [-0.3, -0.25) is 9.10 Å². The van der Waals surface area contributed by atoms with Gasteiger partial charge in [0, 0.05) is 31.8 Å². The van der Waals surface area contributed by atoms with Crippen LogP contribution in [0.25, 0.3) is 0 Å². The average molecular weight is 376 g/mol. The van der Waals surface area contributed by atoms with Gasteiger partial charge in [-0.1, -0.05) is 24.3 Å². The van der Waals surface area contributed by atoms with Crippen LogP contribution in [0.4, 0.5) is 11.4 Å². The summed E-state index contributed by atoms with van der Waals surface area (Å²) in [5.41, 5.74) is 1.33. The van der Waals surface area contributed by atoms with E-state index in [1.165, 1.54) is 11.4 Å². The molecule has 140 valence electrons. The molecule has 2 aromatic carbocycles. The molecule has 26 heavy (non-hydrogen) atoms. The van der Waals surface area contributed by atoms with Crippen LogP contribution in [0.5, 0.6) is 5.75 Å². The molecule has 7 heteroatoms. The molecule has 0 aromatic heterocycles. The Morgan fingerprint density at radius 2 is 1.69 bits per heavy atom. The van der Waals surface area contributed by atoms with Crippen molar-refractivity contribution in [2.75, 3.05) is 36.2 Å². The van der Waals surface area contributed by atoms with E-state index in [9.17, 15) is 13.2 Å². The maximum Gasteiger partial charge on any atom is 0.232 e. The normalized spacial score (nSPS) is 11.0. The van der Waals surface area contributed by atoms with E-state index in [4.69, 9.17) is 4.74 Å². The number of ether oxygens (including phenoxy) is 1. The van der Waals surface area contributed by atoms with Crippen LogP contribution in [0.2, 0.25) is 0 Å². The molecule has 0 fully saturated rings. The first-order valence-electron chi connectivity index (χ1n) is 8.26. The Morgan fingerprint density at radius 3 is 2.31 bits per heavy atom. The third-order valence-electron chi connectivity index (χ3n) is 4.01. The van der Waals surface area contributed by atoms with Crippen molar-refractivity contribution in [3.8, 4) is 5.75 Å². The van der Waals surface area contributed by atoms with Gasteiger partial charge < -0.3 is 9.64 Å². The number of carbonyl (C=O) groups is 1. The second kappa shape index (κ2) is 8.71. The fourth-order valence-electron chi connectivity index (χ4n) is 2.59. The molecule has 1 amide bonds. The number of nitrogens with zero attached hydrogens (tertiary/aromatic N) is 2. The molecule has 6 nitrogen and oxygen atoms in total. The van der Waals surface area contributed by atoms with Crippen LogP contribution >= 0.6 is 0 Å². The minimum Gasteiger partial charge on any atom is -0.497 e. The molecule has 0 radical (unpaired) electrons. The SMILES string of the molecule is COc1cccc(N(CCCC(=O)N(C)c2ccccc2)S(C)(=O)=O)c1. The Kier molecular flexibility index (Phi) is 6.63. The number of carbonyl (C=O) groups excluding carboxylic acids is 1. The van der Waals surface area contributed by atoms with Crippen molar-refractivity contribution in [3.63, 3.8) is 0 Å². The smallest absolute Gasteiger partial charge is 0.232 e. The predicted molar refractivity (Wildman–Crippen MR) is 104 cm³/mol. The number of hydrogen-bond acceptors (Lipinski definition) is 4. The summed E-state index contributed by atoms with van der Waals surface area (Å²) in [7, 11) is -0.214. The summed E-state index contributed by atoms with van der Waals surface area (Å²) >= 11 is 0. The number of para-hydroxylation sites is 1. The Balaban J connectivity index is 2.03. The fourth-order valence-corrected chi connectivity index (χ4v) is 3.55. The van der Waals surface area contributed by atoms with Gasteiger partial charge in [-0.05, 0) is 30.7 Å². The molecule has 2 rings (SSSR count). The maximum atomic E-state index is 12.3. The predicted octanol–water partition coefficient (Wildman–Crippen LogP) is 2.90. The quantitative estimate of drug-likeness (QED) is 0.710. The fraction of sp³-hybridized carbons (Fsp3) is 0.316. The van der Waals surface area contributed by atoms with E-state index >= 15 is 0 Å². The Hall–Kier alpha value is -2.54. The lowest BCUT2D eigenvalue weighted by molar-refractivity contribution is -0.118. The molecular weight excluding hydrogens is 352 g/mol. The van der Waals surface area contributed by atoms with Crippen LogP contribution in [0.1, 0.15) is 12.8 Å². The van der Waals surface area contributed by atoms with E-state index in [-0.39, 0.29) is 18.9 Å². The highest BCUT2D eigenvalue weighted by molar-refractivity contribution is 7.92. The lowest BCUT2D eigenvalue weighted by atomic mass is 10.2. The van der Waals surface area contributed by atoms with Crippen LogP contribution in [0.15, 0.2) is 54.6 Å². The first kappa shape index (κ1) is 19.8. The van der Waals surface area contributed by atoms with Gasteiger partial charge in [0.25, 0.3) is 0 Å². The number of amides is 1. The minimum absolute atomic E-state index is 0.0599. The molecule has 0 heterocycles. The Labute approximate surface area is 155 Å². The monoisotopic (exact) mass is 376 g/mol. The lowest BCUT2D eigenvalue weighted by Gasteiger charge is -2.23. The van der Waals surface area contributed by atoms with Crippen molar-refractivity contribution >= 4 is 27.3 Å². The molecule has 0 aliphatic heterocycles. The van der Waals surface area contributed by atoms with Gasteiger partial charge in [0.15, 0.2) is 0 Å². The number of rotatable bonds is 8. The molecule has 2 aromatic rings. The summed E-state index contributed by atoms with van der Waals surface area (Å²) in [4.78, 5) is 13.9. The zero-order chi connectivity index (χ0) is 19.2. The summed E-state index contributed by atoms with van der Waals surface area (Å²) in [5, 5.41) is 0. The van der Waals surface area contributed by atoms with Gasteiger partial charge in [-0.25, -0.2) is 8.42 Å². The number of hydrogen-bond donors (Lipinski definition) is 0. The van der Waals surface area contributed by atoms with Crippen LogP contribution in [0.3, 0.4) is 0 Å². The lowest BCUT2D eigenvalue weighted by Crippen LogP contribution is -2.32. The maximum absolute atomic E-state index is 12.3. The molecule has 0 aliphatic rings. The van der Waals surface area contributed by atoms with E-state index in [2.05, 4.69) is 0 Å². The summed E-state index contributed by atoms with van der Waals surface area (Å²) in [6.07, 6.45) is 1.83. The number of sulfonamides is 1. The highest BCUT2D eigenvalue weighted by Crippen LogP contribution is 2.23. The van der Waals surface area contributed by atoms with Crippen molar-refractivity contribution in [2.24, 2.45) is 0 Å². The molecule has 0 N–H and O–H groups in total. The minimum atomic E-state index is -3.46. The van der Waals surface area contributed by atoms with Crippen molar-refractivity contribution in [3.05, 3.63) is 54.6 Å². The molecule has 0 saturated heterocycles. The van der Waals surface area contributed by atoms with E-state index in [0.29, 0.717) is 17.9 Å². The van der Waals surface area contributed by atoms with Gasteiger partial charge >= 0.3 is 0 Å². The van der Waals surface area contributed by atoms with E-state index in [0.717, 1.165) is 11.9 Å². The summed E-state index contributed by atoms with van der Waals surface area (Å²) < 4.78 is 30.8. The second-order valence-corrected chi connectivity index (χ2v) is 7.84. The third kappa shape index (κ3) is 5.23. The largest absolute Gasteiger partial charge is 0.497 e. The number of anilines is 2. The summed E-state index contributed by atoms with van der Waals surface area (Å²) in [6.45, 7) is 0.223. The first-order chi connectivity index (χ1) is 12.3.